The highest BCUT2D eigenvalue weighted by molar-refractivity contribution is 4.99. The van der Waals surface area contributed by atoms with Crippen LogP contribution in [0.15, 0.2) is 0 Å². The van der Waals surface area contributed by atoms with Crippen LogP contribution in [0.4, 0.5) is 0 Å². The van der Waals surface area contributed by atoms with E-state index < -0.39 is 0 Å². The second kappa shape index (κ2) is 1.46. The highest BCUT2D eigenvalue weighted by Gasteiger charge is 2.36. The van der Waals surface area contributed by atoms with Crippen molar-refractivity contribution in [3.63, 3.8) is 0 Å². The summed E-state index contributed by atoms with van der Waals surface area (Å²) in [6.45, 7) is 0.979. The number of hydrogen-bond donors (Lipinski definition) is 2. The summed E-state index contributed by atoms with van der Waals surface area (Å²) in [5.74, 6) is 0. The van der Waals surface area contributed by atoms with Gasteiger partial charge in [0, 0.05) is 12.1 Å². The molecule has 3 N–H and O–H groups in total. The smallest absolute Gasteiger partial charge is 0.0282 e. The molecule has 1 saturated carbocycles. The predicted octanol–water partition coefficient (Wildman–Crippen LogP) is -0.303. The van der Waals surface area contributed by atoms with Crippen molar-refractivity contribution in [1.82, 2.24) is 5.32 Å². The monoisotopic (exact) mass is 100 g/mol. The zero-order valence-electron chi connectivity index (χ0n) is 4.70. The van der Waals surface area contributed by atoms with Crippen molar-refractivity contribution in [2.45, 2.75) is 18.4 Å². The highest BCUT2D eigenvalue weighted by atomic mass is 14.9. The van der Waals surface area contributed by atoms with E-state index in [0.717, 1.165) is 6.54 Å². The van der Waals surface area contributed by atoms with E-state index in [2.05, 4.69) is 5.32 Å². The van der Waals surface area contributed by atoms with Crippen LogP contribution >= 0.6 is 0 Å². The van der Waals surface area contributed by atoms with Gasteiger partial charge in [0.1, 0.15) is 0 Å². The molecule has 0 aromatic heterocycles. The van der Waals surface area contributed by atoms with Gasteiger partial charge in [-0.1, -0.05) is 0 Å². The standard InChI is InChI=1S/C5H12N2/c1-7-4-5(6)2-3-5/h7H,2-4,6H2,1H3. The maximum absolute atomic E-state index is 5.69. The van der Waals surface area contributed by atoms with E-state index in [0.29, 0.717) is 0 Å². The quantitative estimate of drug-likeness (QED) is 0.500. The fourth-order valence-electron chi connectivity index (χ4n) is 0.689. The molecule has 0 atom stereocenters. The van der Waals surface area contributed by atoms with E-state index in [-0.39, 0.29) is 5.54 Å². The van der Waals surface area contributed by atoms with Gasteiger partial charge in [0.2, 0.25) is 0 Å². The van der Waals surface area contributed by atoms with Crippen LogP contribution in [0.2, 0.25) is 0 Å². The lowest BCUT2D eigenvalue weighted by molar-refractivity contribution is 0.615. The van der Waals surface area contributed by atoms with Crippen LogP contribution < -0.4 is 11.1 Å². The Morgan fingerprint density at radius 1 is 1.71 bits per heavy atom. The molecule has 1 aliphatic carbocycles. The largest absolute Gasteiger partial charge is 0.324 e. The Morgan fingerprint density at radius 2 is 2.29 bits per heavy atom. The molecule has 0 saturated heterocycles. The van der Waals surface area contributed by atoms with E-state index in [9.17, 15) is 0 Å². The van der Waals surface area contributed by atoms with Crippen molar-refractivity contribution in [1.29, 1.82) is 0 Å². The van der Waals surface area contributed by atoms with E-state index in [1.54, 1.807) is 0 Å². The molecule has 42 valence electrons. The number of hydrogen-bond acceptors (Lipinski definition) is 2. The summed E-state index contributed by atoms with van der Waals surface area (Å²) in [7, 11) is 1.94. The molecule has 0 aromatic carbocycles. The molecule has 0 aliphatic heterocycles. The molecular weight excluding hydrogens is 88.1 g/mol. The van der Waals surface area contributed by atoms with Gasteiger partial charge in [-0.3, -0.25) is 0 Å². The normalized spacial score (nSPS) is 24.9. The van der Waals surface area contributed by atoms with Gasteiger partial charge >= 0.3 is 0 Å². The lowest BCUT2D eigenvalue weighted by atomic mass is 10.3. The summed E-state index contributed by atoms with van der Waals surface area (Å²) in [6.07, 6.45) is 2.40. The van der Waals surface area contributed by atoms with Crippen LogP contribution in [0.3, 0.4) is 0 Å². The third kappa shape index (κ3) is 1.14. The average Bonchev–Trinajstić information content (AvgIpc) is 2.22. The Labute approximate surface area is 44.1 Å². The minimum atomic E-state index is 0.189. The van der Waals surface area contributed by atoms with Gasteiger partial charge in [-0.25, -0.2) is 0 Å². The molecule has 7 heavy (non-hydrogen) atoms. The summed E-state index contributed by atoms with van der Waals surface area (Å²) >= 11 is 0. The van der Waals surface area contributed by atoms with Gasteiger partial charge < -0.3 is 11.1 Å². The first-order valence-corrected chi connectivity index (χ1v) is 2.70. The van der Waals surface area contributed by atoms with Crippen LogP contribution in [0.25, 0.3) is 0 Å². The molecular formula is C5H12N2. The van der Waals surface area contributed by atoms with E-state index in [4.69, 9.17) is 5.73 Å². The zero-order chi connectivity index (χ0) is 5.33. The lowest BCUT2D eigenvalue weighted by Gasteiger charge is -2.03. The fraction of sp³-hybridized carbons (Fsp3) is 1.00. The fourth-order valence-corrected chi connectivity index (χ4v) is 0.689. The van der Waals surface area contributed by atoms with Crippen molar-refractivity contribution in [2.24, 2.45) is 5.73 Å². The molecule has 0 amide bonds. The summed E-state index contributed by atoms with van der Waals surface area (Å²) in [6, 6.07) is 0. The highest BCUT2D eigenvalue weighted by Crippen LogP contribution is 2.30. The Hall–Kier alpha value is -0.0800. The third-order valence-corrected chi connectivity index (χ3v) is 1.42. The van der Waals surface area contributed by atoms with E-state index >= 15 is 0 Å². The molecule has 0 radical (unpaired) electrons. The van der Waals surface area contributed by atoms with Crippen molar-refractivity contribution in [3.05, 3.63) is 0 Å². The first-order chi connectivity index (χ1) is 3.27. The molecule has 0 bridgehead atoms. The second-order valence-corrected chi connectivity index (χ2v) is 2.39. The van der Waals surface area contributed by atoms with E-state index in [1.165, 1.54) is 12.8 Å². The van der Waals surface area contributed by atoms with Crippen molar-refractivity contribution < 1.29 is 0 Å². The first-order valence-electron chi connectivity index (χ1n) is 2.70. The van der Waals surface area contributed by atoms with Gasteiger partial charge in [-0.15, -0.1) is 0 Å². The first kappa shape index (κ1) is 5.06. The molecule has 1 fully saturated rings. The van der Waals surface area contributed by atoms with Crippen LogP contribution in [0.1, 0.15) is 12.8 Å². The molecule has 2 nitrogen and oxygen atoms in total. The molecule has 0 aromatic rings. The van der Waals surface area contributed by atoms with Crippen LogP contribution in [0.5, 0.6) is 0 Å². The molecule has 0 unspecified atom stereocenters. The van der Waals surface area contributed by atoms with Crippen molar-refractivity contribution in [2.75, 3.05) is 13.6 Å². The van der Waals surface area contributed by atoms with E-state index in [1.807, 2.05) is 7.05 Å². The Morgan fingerprint density at radius 3 is 2.43 bits per heavy atom. The number of nitrogens with two attached hydrogens (primary N) is 1. The van der Waals surface area contributed by atoms with Crippen LogP contribution in [0, 0.1) is 0 Å². The van der Waals surface area contributed by atoms with Gasteiger partial charge in [-0.2, -0.15) is 0 Å². The van der Waals surface area contributed by atoms with Gasteiger partial charge in [0.05, 0.1) is 0 Å². The second-order valence-electron chi connectivity index (χ2n) is 2.39. The molecule has 0 heterocycles. The molecule has 0 spiro atoms. The average molecular weight is 100 g/mol. The summed E-state index contributed by atoms with van der Waals surface area (Å²) in [4.78, 5) is 0. The maximum Gasteiger partial charge on any atom is 0.0282 e. The number of likely N-dealkylation sites (N-methyl/N-ethyl adjacent to an activating group) is 1. The third-order valence-electron chi connectivity index (χ3n) is 1.42. The van der Waals surface area contributed by atoms with Crippen LogP contribution in [-0.4, -0.2) is 19.1 Å². The van der Waals surface area contributed by atoms with Gasteiger partial charge in [0.25, 0.3) is 0 Å². The number of nitrogens with one attached hydrogen (secondary N) is 1. The molecule has 2 heteroatoms. The number of rotatable bonds is 2. The van der Waals surface area contributed by atoms with Crippen molar-refractivity contribution in [3.8, 4) is 0 Å². The lowest BCUT2D eigenvalue weighted by Crippen LogP contribution is -2.33. The maximum atomic E-state index is 5.69. The zero-order valence-corrected chi connectivity index (χ0v) is 4.70. The summed E-state index contributed by atoms with van der Waals surface area (Å²) in [5.41, 5.74) is 5.88. The molecule has 1 rings (SSSR count). The minimum absolute atomic E-state index is 0.189. The topological polar surface area (TPSA) is 38.0 Å². The Kier molecular flexibility index (Phi) is 1.05. The summed E-state index contributed by atoms with van der Waals surface area (Å²) < 4.78 is 0. The predicted molar refractivity (Wildman–Crippen MR) is 30.1 cm³/mol. The van der Waals surface area contributed by atoms with Crippen LogP contribution in [-0.2, 0) is 0 Å². The van der Waals surface area contributed by atoms with Crippen molar-refractivity contribution >= 4 is 0 Å². The SMILES string of the molecule is CNCC1(N)CC1. The van der Waals surface area contributed by atoms with Gasteiger partial charge in [0.15, 0.2) is 0 Å². The Bertz CT molecular complexity index is 66.5. The molecule has 1 aliphatic rings. The minimum Gasteiger partial charge on any atom is -0.324 e. The summed E-state index contributed by atoms with van der Waals surface area (Å²) in [5, 5.41) is 3.05. The van der Waals surface area contributed by atoms with Gasteiger partial charge in [-0.05, 0) is 19.9 Å². The Balaban J connectivity index is 2.13.